The summed E-state index contributed by atoms with van der Waals surface area (Å²) in [6.07, 6.45) is 3.99. The molecule has 0 aliphatic heterocycles. The molecule has 0 unspecified atom stereocenters. The molecule has 0 atom stereocenters. The van der Waals surface area contributed by atoms with E-state index in [2.05, 4.69) is 4.98 Å². The fourth-order valence-corrected chi connectivity index (χ4v) is 1.15. The Balaban J connectivity index is 1.98. The van der Waals surface area contributed by atoms with Gasteiger partial charge in [0.1, 0.15) is 12.9 Å². The molecule has 0 aromatic carbocycles. The number of aromatic nitrogens is 1. The van der Waals surface area contributed by atoms with Crippen LogP contribution in [0, 0.1) is 11.2 Å². The highest BCUT2D eigenvalue weighted by Gasteiger charge is 2.43. The minimum atomic E-state index is -0.491. The van der Waals surface area contributed by atoms with Crippen molar-refractivity contribution in [3.63, 3.8) is 0 Å². The van der Waals surface area contributed by atoms with Gasteiger partial charge in [-0.15, -0.1) is 0 Å². The summed E-state index contributed by atoms with van der Waals surface area (Å²) >= 11 is 0. The smallest absolute Gasteiger partial charge is 0.250 e. The summed E-state index contributed by atoms with van der Waals surface area (Å²) in [5.41, 5.74) is -0.371. The van der Waals surface area contributed by atoms with Gasteiger partial charge in [-0.05, 0) is 25.0 Å². The number of ether oxygens (including phenoxy) is 1. The van der Waals surface area contributed by atoms with Crippen molar-refractivity contribution in [1.82, 2.24) is 4.98 Å². The van der Waals surface area contributed by atoms with Crippen molar-refractivity contribution in [2.75, 3.05) is 6.61 Å². The number of hydrogen-bond donors (Lipinski definition) is 0. The predicted molar refractivity (Wildman–Crippen MR) is 47.4 cm³/mol. The molecule has 2 rings (SSSR count). The fraction of sp³-hybridized carbons (Fsp3) is 0.400. The van der Waals surface area contributed by atoms with Gasteiger partial charge in [-0.2, -0.15) is 0 Å². The first-order valence-corrected chi connectivity index (χ1v) is 4.45. The zero-order valence-electron chi connectivity index (χ0n) is 7.57. The summed E-state index contributed by atoms with van der Waals surface area (Å²) in [5.74, 6) is -0.519. The Labute approximate surface area is 80.9 Å². The predicted octanol–water partition coefficient (Wildman–Crippen LogP) is 1.58. The van der Waals surface area contributed by atoms with Crippen molar-refractivity contribution in [3.05, 3.63) is 24.1 Å². The highest BCUT2D eigenvalue weighted by Crippen LogP contribution is 2.43. The third-order valence-corrected chi connectivity index (χ3v) is 2.36. The Morgan fingerprint density at radius 1 is 1.64 bits per heavy atom. The van der Waals surface area contributed by atoms with Gasteiger partial charge in [-0.25, -0.2) is 9.37 Å². The number of pyridine rings is 1. The van der Waals surface area contributed by atoms with Gasteiger partial charge >= 0.3 is 0 Å². The molecule has 14 heavy (non-hydrogen) atoms. The third-order valence-electron chi connectivity index (χ3n) is 2.36. The van der Waals surface area contributed by atoms with E-state index in [9.17, 15) is 9.18 Å². The van der Waals surface area contributed by atoms with Crippen molar-refractivity contribution in [3.8, 4) is 5.88 Å². The second-order valence-corrected chi connectivity index (χ2v) is 3.56. The Bertz CT molecular complexity index is 350. The van der Waals surface area contributed by atoms with Crippen LogP contribution in [0.3, 0.4) is 0 Å². The molecule has 0 saturated heterocycles. The maximum Gasteiger partial charge on any atom is 0.250 e. The largest absolute Gasteiger partial charge is 0.475 e. The Kier molecular flexibility index (Phi) is 2.19. The summed E-state index contributed by atoms with van der Waals surface area (Å²) in [6.45, 7) is 0.227. The van der Waals surface area contributed by atoms with Crippen LogP contribution in [-0.2, 0) is 4.79 Å². The molecule has 74 valence electrons. The molecule has 1 heterocycles. The van der Waals surface area contributed by atoms with Crippen molar-refractivity contribution in [1.29, 1.82) is 0 Å². The summed E-state index contributed by atoms with van der Waals surface area (Å²) in [7, 11) is 0. The molecule has 1 aromatic rings. The van der Waals surface area contributed by atoms with Crippen molar-refractivity contribution < 1.29 is 13.9 Å². The van der Waals surface area contributed by atoms with Crippen LogP contribution in [0.4, 0.5) is 4.39 Å². The molecule has 0 amide bonds. The van der Waals surface area contributed by atoms with Crippen molar-refractivity contribution in [2.45, 2.75) is 12.8 Å². The summed E-state index contributed by atoms with van der Waals surface area (Å²) in [5, 5.41) is 0. The molecule has 1 saturated carbocycles. The van der Waals surface area contributed by atoms with E-state index in [-0.39, 0.29) is 17.9 Å². The van der Waals surface area contributed by atoms with Crippen LogP contribution in [-0.4, -0.2) is 17.9 Å². The SMILES string of the molecule is O=CC1(COc2ncccc2F)CC1. The molecule has 1 fully saturated rings. The van der Waals surface area contributed by atoms with Crippen molar-refractivity contribution >= 4 is 6.29 Å². The number of hydrogen-bond acceptors (Lipinski definition) is 3. The molecule has 1 aromatic heterocycles. The van der Waals surface area contributed by atoms with Crippen LogP contribution in [0.15, 0.2) is 18.3 Å². The van der Waals surface area contributed by atoms with Crippen molar-refractivity contribution in [2.24, 2.45) is 5.41 Å². The molecule has 0 radical (unpaired) electrons. The zero-order valence-corrected chi connectivity index (χ0v) is 7.57. The lowest BCUT2D eigenvalue weighted by molar-refractivity contribution is -0.113. The lowest BCUT2D eigenvalue weighted by Crippen LogP contribution is -2.15. The first kappa shape index (κ1) is 9.12. The van der Waals surface area contributed by atoms with Gasteiger partial charge in [0.05, 0.1) is 5.41 Å². The van der Waals surface area contributed by atoms with E-state index in [0.29, 0.717) is 0 Å². The van der Waals surface area contributed by atoms with Gasteiger partial charge in [0.25, 0.3) is 0 Å². The van der Waals surface area contributed by atoms with Gasteiger partial charge in [0, 0.05) is 6.20 Å². The van der Waals surface area contributed by atoms with Gasteiger partial charge in [0.2, 0.25) is 5.88 Å². The van der Waals surface area contributed by atoms with Gasteiger partial charge in [0.15, 0.2) is 5.82 Å². The third kappa shape index (κ3) is 1.73. The fourth-order valence-electron chi connectivity index (χ4n) is 1.15. The molecular weight excluding hydrogens is 185 g/mol. The Morgan fingerprint density at radius 3 is 3.00 bits per heavy atom. The molecular formula is C10H10FNO2. The molecule has 4 heteroatoms. The van der Waals surface area contributed by atoms with Crippen LogP contribution in [0.25, 0.3) is 0 Å². The zero-order chi connectivity index (χ0) is 10.0. The van der Waals surface area contributed by atoms with E-state index in [4.69, 9.17) is 4.74 Å². The summed E-state index contributed by atoms with van der Waals surface area (Å²) < 4.78 is 18.2. The van der Waals surface area contributed by atoms with E-state index in [0.717, 1.165) is 19.1 Å². The van der Waals surface area contributed by atoms with Crippen LogP contribution in [0.5, 0.6) is 5.88 Å². The number of nitrogens with zero attached hydrogens (tertiary/aromatic N) is 1. The lowest BCUT2D eigenvalue weighted by Gasteiger charge is -2.08. The normalized spacial score (nSPS) is 17.5. The second-order valence-electron chi connectivity index (χ2n) is 3.56. The first-order chi connectivity index (χ1) is 6.76. The number of rotatable bonds is 4. The van der Waals surface area contributed by atoms with Gasteiger partial charge in [-0.1, -0.05) is 0 Å². The number of halogens is 1. The number of aldehydes is 1. The molecule has 0 N–H and O–H groups in total. The molecule has 1 aliphatic carbocycles. The van der Waals surface area contributed by atoms with E-state index in [1.165, 1.54) is 18.3 Å². The topological polar surface area (TPSA) is 39.2 Å². The van der Waals surface area contributed by atoms with E-state index >= 15 is 0 Å². The minimum Gasteiger partial charge on any atom is -0.475 e. The van der Waals surface area contributed by atoms with Crippen LogP contribution < -0.4 is 4.74 Å². The standard InChI is InChI=1S/C10H10FNO2/c11-8-2-1-5-12-9(8)14-7-10(6-13)3-4-10/h1-2,5-6H,3-4,7H2. The van der Waals surface area contributed by atoms with Crippen LogP contribution in [0.2, 0.25) is 0 Å². The highest BCUT2D eigenvalue weighted by atomic mass is 19.1. The van der Waals surface area contributed by atoms with E-state index < -0.39 is 5.82 Å². The first-order valence-electron chi connectivity index (χ1n) is 4.45. The van der Waals surface area contributed by atoms with Gasteiger partial charge < -0.3 is 9.53 Å². The maximum absolute atomic E-state index is 13.0. The Morgan fingerprint density at radius 2 is 2.43 bits per heavy atom. The Hall–Kier alpha value is -1.45. The average Bonchev–Trinajstić information content (AvgIpc) is 2.98. The average molecular weight is 195 g/mol. The monoisotopic (exact) mass is 195 g/mol. The second kappa shape index (κ2) is 3.36. The molecule has 3 nitrogen and oxygen atoms in total. The lowest BCUT2D eigenvalue weighted by atomic mass is 10.1. The number of carbonyl (C=O) groups is 1. The maximum atomic E-state index is 13.0. The van der Waals surface area contributed by atoms with Gasteiger partial charge in [-0.3, -0.25) is 0 Å². The van der Waals surface area contributed by atoms with E-state index in [1.54, 1.807) is 0 Å². The van der Waals surface area contributed by atoms with Crippen LogP contribution in [0.1, 0.15) is 12.8 Å². The molecule has 0 bridgehead atoms. The highest BCUT2D eigenvalue weighted by molar-refractivity contribution is 5.63. The summed E-state index contributed by atoms with van der Waals surface area (Å²) in [6, 6.07) is 2.78. The number of carbonyl (C=O) groups excluding carboxylic acids is 1. The minimum absolute atomic E-state index is 0.0272. The summed E-state index contributed by atoms with van der Waals surface area (Å²) in [4.78, 5) is 14.3. The van der Waals surface area contributed by atoms with E-state index in [1.807, 2.05) is 0 Å². The molecule has 1 aliphatic rings. The van der Waals surface area contributed by atoms with Crippen LogP contribution >= 0.6 is 0 Å². The molecule has 0 spiro atoms. The quantitative estimate of drug-likeness (QED) is 0.684.